The van der Waals surface area contributed by atoms with Gasteiger partial charge in [-0.3, -0.25) is 9.59 Å². The highest BCUT2D eigenvalue weighted by Crippen LogP contribution is 2.14. The van der Waals surface area contributed by atoms with Crippen molar-refractivity contribution in [3.63, 3.8) is 0 Å². The van der Waals surface area contributed by atoms with Crippen LogP contribution in [0.1, 0.15) is 24.2 Å². The minimum Gasteiger partial charge on any atom is -0.481 e. The molecule has 0 saturated heterocycles. The molecule has 1 aromatic heterocycles. The summed E-state index contributed by atoms with van der Waals surface area (Å²) in [6, 6.07) is 6.78. The SMILES string of the molecule is C[C@@H](NC(=O)c1ccc2[nH]ccc2c1)[C@@H](C)C(=O)O. The first kappa shape index (κ1) is 13.1. The molecule has 0 saturated carbocycles. The van der Waals surface area contributed by atoms with Gasteiger partial charge in [-0.05, 0) is 38.1 Å². The molecule has 0 aliphatic rings. The Bertz CT molecular complexity index is 618. The molecule has 2 atom stereocenters. The Kier molecular flexibility index (Phi) is 3.55. The number of carboxylic acids is 1. The highest BCUT2D eigenvalue weighted by molar-refractivity contribution is 5.98. The fourth-order valence-electron chi connectivity index (χ4n) is 1.82. The fraction of sp³-hybridized carbons (Fsp3) is 0.286. The maximum Gasteiger partial charge on any atom is 0.308 e. The number of fused-ring (bicyclic) bond motifs is 1. The molecule has 0 radical (unpaired) electrons. The molecule has 1 heterocycles. The van der Waals surface area contributed by atoms with Crippen molar-refractivity contribution in [1.82, 2.24) is 10.3 Å². The molecule has 0 fully saturated rings. The monoisotopic (exact) mass is 260 g/mol. The number of amides is 1. The molecule has 5 nitrogen and oxygen atoms in total. The van der Waals surface area contributed by atoms with Crippen LogP contribution >= 0.6 is 0 Å². The summed E-state index contributed by atoms with van der Waals surface area (Å²) in [5.41, 5.74) is 1.49. The molecule has 0 aliphatic heterocycles. The second-order valence-corrected chi connectivity index (χ2v) is 4.67. The number of hydrogen-bond acceptors (Lipinski definition) is 2. The number of aliphatic carboxylic acids is 1. The lowest BCUT2D eigenvalue weighted by atomic mass is 10.0. The Hall–Kier alpha value is -2.30. The van der Waals surface area contributed by atoms with Crippen molar-refractivity contribution >= 4 is 22.8 Å². The summed E-state index contributed by atoms with van der Waals surface area (Å²) in [6.07, 6.45) is 1.81. The molecular weight excluding hydrogens is 244 g/mol. The van der Waals surface area contributed by atoms with Crippen molar-refractivity contribution in [3.05, 3.63) is 36.0 Å². The summed E-state index contributed by atoms with van der Waals surface area (Å²) in [5, 5.41) is 12.5. The Morgan fingerprint density at radius 3 is 2.68 bits per heavy atom. The van der Waals surface area contributed by atoms with Gasteiger partial charge in [0.15, 0.2) is 0 Å². The largest absolute Gasteiger partial charge is 0.481 e. The van der Waals surface area contributed by atoms with E-state index in [2.05, 4.69) is 10.3 Å². The maximum atomic E-state index is 12.0. The van der Waals surface area contributed by atoms with E-state index in [0.29, 0.717) is 5.56 Å². The third-order valence-corrected chi connectivity index (χ3v) is 3.31. The zero-order chi connectivity index (χ0) is 14.0. The summed E-state index contributed by atoms with van der Waals surface area (Å²) in [7, 11) is 0. The Labute approximate surface area is 110 Å². The van der Waals surface area contributed by atoms with Crippen molar-refractivity contribution in [2.75, 3.05) is 0 Å². The van der Waals surface area contributed by atoms with Gasteiger partial charge >= 0.3 is 5.97 Å². The molecule has 5 heteroatoms. The van der Waals surface area contributed by atoms with Crippen molar-refractivity contribution in [3.8, 4) is 0 Å². The predicted octanol–water partition coefficient (Wildman–Crippen LogP) is 2.01. The Morgan fingerprint density at radius 2 is 2.00 bits per heavy atom. The smallest absolute Gasteiger partial charge is 0.308 e. The highest BCUT2D eigenvalue weighted by atomic mass is 16.4. The average Bonchev–Trinajstić information content (AvgIpc) is 2.84. The van der Waals surface area contributed by atoms with E-state index in [4.69, 9.17) is 5.11 Å². The minimum atomic E-state index is -0.922. The summed E-state index contributed by atoms with van der Waals surface area (Å²) in [5.74, 6) is -1.81. The predicted molar refractivity (Wildman–Crippen MR) is 72.0 cm³/mol. The second-order valence-electron chi connectivity index (χ2n) is 4.67. The van der Waals surface area contributed by atoms with E-state index < -0.39 is 17.9 Å². The number of aromatic amines is 1. The van der Waals surface area contributed by atoms with Crippen LogP contribution < -0.4 is 5.32 Å². The average molecular weight is 260 g/mol. The van der Waals surface area contributed by atoms with Gasteiger partial charge in [0, 0.05) is 28.7 Å². The molecule has 2 aromatic rings. The minimum absolute atomic E-state index is 0.260. The van der Waals surface area contributed by atoms with Crippen LogP contribution in [0, 0.1) is 5.92 Å². The number of aromatic nitrogens is 1. The number of carbonyl (C=O) groups is 2. The van der Waals surface area contributed by atoms with E-state index in [1.807, 2.05) is 18.3 Å². The first-order valence-electron chi connectivity index (χ1n) is 6.10. The quantitative estimate of drug-likeness (QED) is 0.786. The zero-order valence-corrected chi connectivity index (χ0v) is 10.8. The molecule has 1 amide bonds. The number of H-pyrrole nitrogens is 1. The first-order valence-corrected chi connectivity index (χ1v) is 6.10. The van der Waals surface area contributed by atoms with Crippen LogP contribution in [-0.4, -0.2) is 28.0 Å². The molecule has 0 unspecified atom stereocenters. The van der Waals surface area contributed by atoms with Gasteiger partial charge in [-0.25, -0.2) is 0 Å². The lowest BCUT2D eigenvalue weighted by molar-refractivity contribution is -0.141. The van der Waals surface area contributed by atoms with Crippen LogP contribution in [0.25, 0.3) is 10.9 Å². The summed E-state index contributed by atoms with van der Waals surface area (Å²) < 4.78 is 0. The Balaban J connectivity index is 2.13. The number of benzene rings is 1. The first-order chi connectivity index (χ1) is 8.99. The van der Waals surface area contributed by atoms with E-state index in [9.17, 15) is 9.59 Å². The van der Waals surface area contributed by atoms with Gasteiger partial charge in [-0.1, -0.05) is 0 Å². The van der Waals surface area contributed by atoms with Crippen molar-refractivity contribution in [2.24, 2.45) is 5.92 Å². The molecule has 0 aliphatic carbocycles. The lowest BCUT2D eigenvalue weighted by Crippen LogP contribution is -2.40. The molecule has 0 spiro atoms. The van der Waals surface area contributed by atoms with Crippen molar-refractivity contribution in [1.29, 1.82) is 0 Å². The van der Waals surface area contributed by atoms with Crippen LogP contribution in [0.3, 0.4) is 0 Å². The fourth-order valence-corrected chi connectivity index (χ4v) is 1.82. The molecule has 0 bridgehead atoms. The van der Waals surface area contributed by atoms with E-state index in [1.165, 1.54) is 0 Å². The van der Waals surface area contributed by atoms with Crippen LogP contribution in [0.15, 0.2) is 30.5 Å². The molecule has 3 N–H and O–H groups in total. The summed E-state index contributed by atoms with van der Waals surface area (Å²) >= 11 is 0. The molecule has 2 rings (SSSR count). The van der Waals surface area contributed by atoms with Gasteiger partial charge in [-0.2, -0.15) is 0 Å². The van der Waals surface area contributed by atoms with Crippen LogP contribution in [0.5, 0.6) is 0 Å². The summed E-state index contributed by atoms with van der Waals surface area (Å²) in [6.45, 7) is 3.26. The van der Waals surface area contributed by atoms with Gasteiger partial charge in [0.2, 0.25) is 0 Å². The van der Waals surface area contributed by atoms with E-state index in [0.717, 1.165) is 10.9 Å². The van der Waals surface area contributed by atoms with Crippen molar-refractivity contribution in [2.45, 2.75) is 19.9 Å². The molecule has 100 valence electrons. The van der Waals surface area contributed by atoms with Gasteiger partial charge in [0.25, 0.3) is 5.91 Å². The summed E-state index contributed by atoms with van der Waals surface area (Å²) in [4.78, 5) is 25.9. The molecule has 19 heavy (non-hydrogen) atoms. The molecule has 1 aromatic carbocycles. The van der Waals surface area contributed by atoms with E-state index >= 15 is 0 Å². The normalized spacial score (nSPS) is 14.0. The number of hydrogen-bond donors (Lipinski definition) is 3. The lowest BCUT2D eigenvalue weighted by Gasteiger charge is -2.17. The highest BCUT2D eigenvalue weighted by Gasteiger charge is 2.21. The van der Waals surface area contributed by atoms with E-state index in [1.54, 1.807) is 26.0 Å². The Morgan fingerprint density at radius 1 is 1.26 bits per heavy atom. The van der Waals surface area contributed by atoms with Crippen LogP contribution in [-0.2, 0) is 4.79 Å². The van der Waals surface area contributed by atoms with Gasteiger partial charge in [0.05, 0.1) is 5.92 Å². The zero-order valence-electron chi connectivity index (χ0n) is 10.8. The van der Waals surface area contributed by atoms with Crippen LogP contribution in [0.2, 0.25) is 0 Å². The third kappa shape index (κ3) is 2.76. The van der Waals surface area contributed by atoms with Gasteiger partial charge in [0.1, 0.15) is 0 Å². The second kappa shape index (κ2) is 5.14. The number of carbonyl (C=O) groups excluding carboxylic acids is 1. The number of rotatable bonds is 4. The number of carboxylic acid groups (broad SMARTS) is 1. The van der Waals surface area contributed by atoms with Crippen LogP contribution in [0.4, 0.5) is 0 Å². The van der Waals surface area contributed by atoms with Gasteiger partial charge in [-0.15, -0.1) is 0 Å². The maximum absolute atomic E-state index is 12.0. The van der Waals surface area contributed by atoms with Crippen molar-refractivity contribution < 1.29 is 14.7 Å². The third-order valence-electron chi connectivity index (χ3n) is 3.31. The topological polar surface area (TPSA) is 82.2 Å². The molecular formula is C14H16N2O3. The standard InChI is InChI=1S/C14H16N2O3/c1-8(14(18)19)9(2)16-13(17)11-3-4-12-10(7-11)5-6-15-12/h3-9,15H,1-2H3,(H,16,17)(H,18,19)/t8-,9-/m1/s1. The van der Waals surface area contributed by atoms with Gasteiger partial charge < -0.3 is 15.4 Å². The number of nitrogens with one attached hydrogen (secondary N) is 2. The van der Waals surface area contributed by atoms with E-state index in [-0.39, 0.29) is 5.91 Å².